The molecule has 0 aliphatic heterocycles. The molecule has 0 heterocycles. The van der Waals surface area contributed by atoms with Crippen LogP contribution in [0, 0.1) is 22.7 Å². The molecule has 0 saturated heterocycles. The van der Waals surface area contributed by atoms with Crippen molar-refractivity contribution < 1.29 is 19.8 Å². The molecule has 1 aliphatic carbocycles. The number of carboxylic acids is 2. The Morgan fingerprint density at radius 3 is 1.79 bits per heavy atom. The second-order valence-corrected chi connectivity index (χ2v) is 5.84. The summed E-state index contributed by atoms with van der Waals surface area (Å²) >= 11 is 0. The van der Waals surface area contributed by atoms with E-state index in [1.54, 1.807) is 0 Å². The Hall–Kier alpha value is -1.06. The lowest BCUT2D eigenvalue weighted by Crippen LogP contribution is -2.61. The minimum absolute atomic E-state index is 0.0535. The fourth-order valence-electron chi connectivity index (χ4n) is 4.64. The van der Waals surface area contributed by atoms with Crippen molar-refractivity contribution in [1.29, 1.82) is 0 Å². The third kappa shape index (κ3) is 1.87. The van der Waals surface area contributed by atoms with Gasteiger partial charge in [0.1, 0.15) is 0 Å². The second kappa shape index (κ2) is 5.51. The normalized spacial score (nSPS) is 38.9. The first kappa shape index (κ1) is 16.0. The average Bonchev–Trinajstić information content (AvgIpc) is 2.37. The summed E-state index contributed by atoms with van der Waals surface area (Å²) in [5.74, 6) is -2.03. The molecule has 4 unspecified atom stereocenters. The maximum atomic E-state index is 12.0. The fourth-order valence-corrected chi connectivity index (χ4v) is 4.64. The van der Waals surface area contributed by atoms with Crippen LogP contribution in [0.2, 0.25) is 0 Å². The number of rotatable bonds is 5. The molecule has 0 radical (unpaired) electrons. The number of carboxylic acid groups (broad SMARTS) is 2. The molecule has 2 N–H and O–H groups in total. The van der Waals surface area contributed by atoms with Crippen molar-refractivity contribution in [1.82, 2.24) is 0 Å². The zero-order valence-corrected chi connectivity index (χ0v) is 12.4. The van der Waals surface area contributed by atoms with Gasteiger partial charge in [0.2, 0.25) is 0 Å². The van der Waals surface area contributed by atoms with Crippen molar-refractivity contribution >= 4 is 11.9 Å². The Morgan fingerprint density at radius 1 is 1.00 bits per heavy atom. The summed E-state index contributed by atoms with van der Waals surface area (Å²) in [4.78, 5) is 24.0. The van der Waals surface area contributed by atoms with Gasteiger partial charge in [-0.1, -0.05) is 34.1 Å². The molecule has 0 aromatic carbocycles. The lowest BCUT2D eigenvalue weighted by atomic mass is 9.45. The van der Waals surface area contributed by atoms with Gasteiger partial charge in [0, 0.05) is 0 Å². The first-order chi connectivity index (χ1) is 8.84. The molecular formula is C15H26O4. The average molecular weight is 270 g/mol. The third-order valence-corrected chi connectivity index (χ3v) is 5.65. The van der Waals surface area contributed by atoms with E-state index in [-0.39, 0.29) is 11.8 Å². The maximum absolute atomic E-state index is 12.0. The summed E-state index contributed by atoms with van der Waals surface area (Å²) in [6, 6.07) is 0. The van der Waals surface area contributed by atoms with E-state index >= 15 is 0 Å². The van der Waals surface area contributed by atoms with Crippen molar-refractivity contribution in [2.45, 2.75) is 59.8 Å². The highest BCUT2D eigenvalue weighted by atomic mass is 16.4. The van der Waals surface area contributed by atoms with Gasteiger partial charge in [-0.15, -0.1) is 0 Å². The summed E-state index contributed by atoms with van der Waals surface area (Å²) < 4.78 is 0. The van der Waals surface area contributed by atoms with E-state index in [4.69, 9.17) is 0 Å². The third-order valence-electron chi connectivity index (χ3n) is 5.65. The van der Waals surface area contributed by atoms with Gasteiger partial charge in [-0.25, -0.2) is 0 Å². The van der Waals surface area contributed by atoms with Crippen LogP contribution >= 0.6 is 0 Å². The Balaban J connectivity index is 3.57. The largest absolute Gasteiger partial charge is 0.481 e. The molecule has 0 amide bonds. The van der Waals surface area contributed by atoms with Gasteiger partial charge in [-0.3, -0.25) is 9.59 Å². The van der Waals surface area contributed by atoms with Crippen molar-refractivity contribution in [3.63, 3.8) is 0 Å². The molecule has 1 fully saturated rings. The fraction of sp³-hybridized carbons (Fsp3) is 0.867. The summed E-state index contributed by atoms with van der Waals surface area (Å²) in [5, 5.41) is 19.7. The van der Waals surface area contributed by atoms with Gasteiger partial charge in [-0.05, 0) is 37.5 Å². The lowest BCUT2D eigenvalue weighted by Gasteiger charge is -2.55. The van der Waals surface area contributed by atoms with Crippen molar-refractivity contribution in [2.24, 2.45) is 22.7 Å². The van der Waals surface area contributed by atoms with Crippen LogP contribution in [-0.4, -0.2) is 22.2 Å². The number of carbonyl (C=O) groups is 2. The van der Waals surface area contributed by atoms with E-state index in [9.17, 15) is 19.8 Å². The first-order valence-corrected chi connectivity index (χ1v) is 7.31. The number of hydrogen-bond acceptors (Lipinski definition) is 2. The molecule has 1 rings (SSSR count). The zero-order valence-electron chi connectivity index (χ0n) is 12.4. The summed E-state index contributed by atoms with van der Waals surface area (Å²) in [6.45, 7) is 7.51. The Labute approximate surface area is 115 Å². The highest BCUT2D eigenvalue weighted by Crippen LogP contribution is 2.61. The summed E-state index contributed by atoms with van der Waals surface area (Å²) in [7, 11) is 0. The molecule has 0 bridgehead atoms. The van der Waals surface area contributed by atoms with Crippen molar-refractivity contribution in [3.05, 3.63) is 0 Å². The SMILES string of the molecule is CCC1CCC(C)C(CC)(C(=O)O)C1(CC)C(=O)O. The minimum atomic E-state index is -1.15. The summed E-state index contributed by atoms with van der Waals surface area (Å²) in [6.07, 6.45) is 3.09. The first-order valence-electron chi connectivity index (χ1n) is 7.31. The molecule has 1 aliphatic rings. The molecule has 0 aromatic heterocycles. The summed E-state index contributed by atoms with van der Waals surface area (Å²) in [5.41, 5.74) is -2.29. The van der Waals surface area contributed by atoms with E-state index in [1.165, 1.54) is 0 Å². The van der Waals surface area contributed by atoms with Gasteiger partial charge in [-0.2, -0.15) is 0 Å². The molecule has 19 heavy (non-hydrogen) atoms. The van der Waals surface area contributed by atoms with Gasteiger partial charge < -0.3 is 10.2 Å². The molecule has 4 nitrogen and oxygen atoms in total. The second-order valence-electron chi connectivity index (χ2n) is 5.84. The van der Waals surface area contributed by atoms with Crippen molar-refractivity contribution in [2.75, 3.05) is 0 Å². The van der Waals surface area contributed by atoms with Gasteiger partial charge in [0.05, 0.1) is 10.8 Å². The Kier molecular flexibility index (Phi) is 4.64. The van der Waals surface area contributed by atoms with Crippen LogP contribution in [-0.2, 0) is 9.59 Å². The topological polar surface area (TPSA) is 74.6 Å². The van der Waals surface area contributed by atoms with E-state index in [0.717, 1.165) is 19.3 Å². The number of aliphatic carboxylic acids is 2. The molecule has 4 atom stereocenters. The highest BCUT2D eigenvalue weighted by molar-refractivity contribution is 5.87. The van der Waals surface area contributed by atoms with Crippen molar-refractivity contribution in [3.8, 4) is 0 Å². The van der Waals surface area contributed by atoms with Crippen LogP contribution in [0.25, 0.3) is 0 Å². The smallest absolute Gasteiger partial charge is 0.311 e. The number of hydrogen-bond donors (Lipinski definition) is 2. The monoisotopic (exact) mass is 270 g/mol. The van der Waals surface area contributed by atoms with Crippen LogP contribution in [0.4, 0.5) is 0 Å². The molecule has 110 valence electrons. The van der Waals surface area contributed by atoms with Gasteiger partial charge >= 0.3 is 11.9 Å². The molecular weight excluding hydrogens is 244 g/mol. The quantitative estimate of drug-likeness (QED) is 0.802. The van der Waals surface area contributed by atoms with E-state index in [2.05, 4.69) is 0 Å². The molecule has 4 heteroatoms. The maximum Gasteiger partial charge on any atom is 0.311 e. The van der Waals surface area contributed by atoms with Gasteiger partial charge in [0.15, 0.2) is 0 Å². The van der Waals surface area contributed by atoms with E-state index < -0.39 is 22.8 Å². The minimum Gasteiger partial charge on any atom is -0.481 e. The molecule has 0 aromatic rings. The van der Waals surface area contributed by atoms with E-state index in [1.807, 2.05) is 27.7 Å². The Bertz CT molecular complexity index is 365. The van der Waals surface area contributed by atoms with Crippen LogP contribution in [0.15, 0.2) is 0 Å². The van der Waals surface area contributed by atoms with E-state index in [0.29, 0.717) is 12.8 Å². The molecule has 1 saturated carbocycles. The zero-order chi connectivity index (χ0) is 14.8. The van der Waals surface area contributed by atoms with Gasteiger partial charge in [0.25, 0.3) is 0 Å². The predicted octanol–water partition coefficient (Wildman–Crippen LogP) is 3.40. The van der Waals surface area contributed by atoms with Crippen LogP contribution in [0.3, 0.4) is 0 Å². The highest BCUT2D eigenvalue weighted by Gasteiger charge is 2.66. The van der Waals surface area contributed by atoms with Crippen LogP contribution in [0.5, 0.6) is 0 Å². The molecule has 0 spiro atoms. The predicted molar refractivity (Wildman–Crippen MR) is 72.9 cm³/mol. The standard InChI is InChI=1S/C15H26O4/c1-5-11-9-8-10(4)14(6-2,12(16)17)15(11,7-3)13(18)19/h10-11H,5-9H2,1-4H3,(H,16,17)(H,18,19). The van der Waals surface area contributed by atoms with Crippen LogP contribution in [0.1, 0.15) is 59.8 Å². The van der Waals surface area contributed by atoms with Crippen LogP contribution < -0.4 is 0 Å². The lowest BCUT2D eigenvalue weighted by molar-refractivity contribution is -0.197. The Morgan fingerprint density at radius 2 is 1.47 bits per heavy atom.